The van der Waals surface area contributed by atoms with Crippen LogP contribution in [0.15, 0.2) is 0 Å². The van der Waals surface area contributed by atoms with Gasteiger partial charge in [-0.25, -0.2) is 0 Å². The highest BCUT2D eigenvalue weighted by molar-refractivity contribution is 7.85. The van der Waals surface area contributed by atoms with E-state index in [1.807, 2.05) is 6.92 Å². The van der Waals surface area contributed by atoms with E-state index in [0.29, 0.717) is 6.04 Å². The van der Waals surface area contributed by atoms with Crippen LogP contribution in [0.3, 0.4) is 0 Å². The molecule has 0 spiro atoms. The average Bonchev–Trinajstić information content (AvgIpc) is 2.15. The SMILES string of the molecule is CCOCCNC1CCS(=O)CC1. The van der Waals surface area contributed by atoms with Crippen LogP contribution in [-0.4, -0.2) is 41.5 Å². The van der Waals surface area contributed by atoms with Crippen LogP contribution in [0.5, 0.6) is 0 Å². The van der Waals surface area contributed by atoms with Crippen LogP contribution in [0.2, 0.25) is 0 Å². The van der Waals surface area contributed by atoms with Gasteiger partial charge in [0.1, 0.15) is 0 Å². The summed E-state index contributed by atoms with van der Waals surface area (Å²) in [6, 6.07) is 0.568. The lowest BCUT2D eigenvalue weighted by Gasteiger charge is -2.22. The Labute approximate surface area is 82.7 Å². The molecule has 0 unspecified atom stereocenters. The summed E-state index contributed by atoms with van der Waals surface area (Å²) in [5.41, 5.74) is 0. The van der Waals surface area contributed by atoms with Crippen molar-refractivity contribution in [2.24, 2.45) is 0 Å². The summed E-state index contributed by atoms with van der Waals surface area (Å²) in [6.45, 7) is 4.50. The molecule has 0 atom stereocenters. The molecule has 1 aliphatic rings. The molecule has 1 aliphatic heterocycles. The van der Waals surface area contributed by atoms with E-state index in [-0.39, 0.29) is 0 Å². The molecule has 4 heteroatoms. The molecule has 1 fully saturated rings. The fourth-order valence-corrected chi connectivity index (χ4v) is 2.78. The Morgan fingerprint density at radius 2 is 2.15 bits per heavy atom. The Hall–Kier alpha value is 0.0700. The Morgan fingerprint density at radius 1 is 1.46 bits per heavy atom. The molecule has 1 N–H and O–H groups in total. The van der Waals surface area contributed by atoms with Gasteiger partial charge >= 0.3 is 0 Å². The fraction of sp³-hybridized carbons (Fsp3) is 1.00. The monoisotopic (exact) mass is 205 g/mol. The van der Waals surface area contributed by atoms with Gasteiger partial charge in [-0.3, -0.25) is 4.21 Å². The van der Waals surface area contributed by atoms with Crippen molar-refractivity contribution in [3.05, 3.63) is 0 Å². The maximum atomic E-state index is 11.0. The van der Waals surface area contributed by atoms with Crippen molar-refractivity contribution in [1.82, 2.24) is 5.32 Å². The molecule has 1 heterocycles. The topological polar surface area (TPSA) is 38.3 Å². The molecular formula is C9H19NO2S. The van der Waals surface area contributed by atoms with E-state index < -0.39 is 10.8 Å². The molecule has 0 aromatic carbocycles. The molecule has 0 radical (unpaired) electrons. The van der Waals surface area contributed by atoms with Gasteiger partial charge < -0.3 is 10.1 Å². The van der Waals surface area contributed by atoms with Crippen LogP contribution in [0.25, 0.3) is 0 Å². The summed E-state index contributed by atoms with van der Waals surface area (Å²) in [6.07, 6.45) is 2.11. The molecular weight excluding hydrogens is 186 g/mol. The first kappa shape index (κ1) is 11.1. The van der Waals surface area contributed by atoms with E-state index in [2.05, 4.69) is 5.32 Å². The second-order valence-corrected chi connectivity index (χ2v) is 4.97. The summed E-state index contributed by atoms with van der Waals surface area (Å²) >= 11 is 0. The van der Waals surface area contributed by atoms with Crippen LogP contribution in [0.4, 0.5) is 0 Å². The summed E-state index contributed by atoms with van der Waals surface area (Å²) in [5, 5.41) is 3.42. The average molecular weight is 205 g/mol. The zero-order chi connectivity index (χ0) is 9.52. The molecule has 0 aromatic rings. The van der Waals surface area contributed by atoms with Crippen LogP contribution in [0.1, 0.15) is 19.8 Å². The summed E-state index contributed by atoms with van der Waals surface area (Å²) < 4.78 is 16.3. The number of nitrogens with one attached hydrogen (secondary N) is 1. The minimum atomic E-state index is -0.541. The van der Waals surface area contributed by atoms with Gasteiger partial charge in [0, 0.05) is 41.5 Å². The van der Waals surface area contributed by atoms with Gasteiger partial charge in [-0.05, 0) is 19.8 Å². The zero-order valence-electron chi connectivity index (χ0n) is 8.25. The molecule has 78 valence electrons. The van der Waals surface area contributed by atoms with Gasteiger partial charge in [0.05, 0.1) is 6.61 Å². The standard InChI is InChI=1S/C9H19NO2S/c1-2-12-6-5-10-9-3-7-13(11)8-4-9/h9-10H,2-8H2,1H3. The largest absolute Gasteiger partial charge is 0.380 e. The van der Waals surface area contributed by atoms with Crippen molar-refractivity contribution in [3.63, 3.8) is 0 Å². The van der Waals surface area contributed by atoms with Gasteiger partial charge in [-0.1, -0.05) is 0 Å². The Bertz CT molecular complexity index is 154. The van der Waals surface area contributed by atoms with Gasteiger partial charge in [-0.2, -0.15) is 0 Å². The first-order chi connectivity index (χ1) is 6.33. The lowest BCUT2D eigenvalue weighted by Crippen LogP contribution is -2.37. The second kappa shape index (κ2) is 6.51. The zero-order valence-corrected chi connectivity index (χ0v) is 9.07. The van der Waals surface area contributed by atoms with Crippen LogP contribution >= 0.6 is 0 Å². The third-order valence-electron chi connectivity index (χ3n) is 2.27. The second-order valence-electron chi connectivity index (χ2n) is 3.27. The minimum Gasteiger partial charge on any atom is -0.380 e. The smallest absolute Gasteiger partial charge is 0.0590 e. The molecule has 0 bridgehead atoms. The van der Waals surface area contributed by atoms with E-state index in [0.717, 1.165) is 44.1 Å². The van der Waals surface area contributed by atoms with Gasteiger partial charge in [0.2, 0.25) is 0 Å². The highest BCUT2D eigenvalue weighted by atomic mass is 32.2. The highest BCUT2D eigenvalue weighted by Gasteiger charge is 2.16. The maximum absolute atomic E-state index is 11.0. The van der Waals surface area contributed by atoms with Crippen molar-refractivity contribution in [2.75, 3.05) is 31.3 Å². The highest BCUT2D eigenvalue weighted by Crippen LogP contribution is 2.08. The third-order valence-corrected chi connectivity index (χ3v) is 3.65. The predicted octanol–water partition coefficient (Wildman–Crippen LogP) is 0.524. The third kappa shape index (κ3) is 4.74. The molecule has 0 saturated carbocycles. The summed E-state index contributed by atoms with van der Waals surface area (Å²) in [5.74, 6) is 1.73. The minimum absolute atomic E-state index is 0.541. The fourth-order valence-electron chi connectivity index (χ4n) is 1.48. The molecule has 13 heavy (non-hydrogen) atoms. The Balaban J connectivity index is 1.99. The maximum Gasteiger partial charge on any atom is 0.0590 e. The van der Waals surface area contributed by atoms with Crippen molar-refractivity contribution in [3.8, 4) is 0 Å². The van der Waals surface area contributed by atoms with E-state index in [1.165, 1.54) is 0 Å². The lowest BCUT2D eigenvalue weighted by atomic mass is 10.1. The molecule has 0 aromatic heterocycles. The van der Waals surface area contributed by atoms with Crippen molar-refractivity contribution >= 4 is 10.8 Å². The van der Waals surface area contributed by atoms with Crippen LogP contribution in [-0.2, 0) is 15.5 Å². The van der Waals surface area contributed by atoms with Gasteiger partial charge in [0.15, 0.2) is 0 Å². The van der Waals surface area contributed by atoms with E-state index in [9.17, 15) is 4.21 Å². The molecule has 1 rings (SSSR count). The lowest BCUT2D eigenvalue weighted by molar-refractivity contribution is 0.146. The summed E-state index contributed by atoms with van der Waals surface area (Å²) in [4.78, 5) is 0. The normalized spacial score (nSPS) is 29.0. The molecule has 1 saturated heterocycles. The number of ether oxygens (including phenoxy) is 1. The molecule has 0 aliphatic carbocycles. The van der Waals surface area contributed by atoms with Crippen LogP contribution < -0.4 is 5.32 Å². The van der Waals surface area contributed by atoms with E-state index in [1.54, 1.807) is 0 Å². The number of rotatable bonds is 5. The van der Waals surface area contributed by atoms with Crippen molar-refractivity contribution < 1.29 is 8.95 Å². The quantitative estimate of drug-likeness (QED) is 0.665. The molecule has 0 amide bonds. The summed E-state index contributed by atoms with van der Waals surface area (Å²) in [7, 11) is -0.541. The van der Waals surface area contributed by atoms with Crippen molar-refractivity contribution in [2.45, 2.75) is 25.8 Å². The molecule has 3 nitrogen and oxygen atoms in total. The first-order valence-corrected chi connectivity index (χ1v) is 6.48. The van der Waals surface area contributed by atoms with Crippen molar-refractivity contribution in [1.29, 1.82) is 0 Å². The van der Waals surface area contributed by atoms with Gasteiger partial charge in [0.25, 0.3) is 0 Å². The van der Waals surface area contributed by atoms with E-state index in [4.69, 9.17) is 4.74 Å². The van der Waals surface area contributed by atoms with Gasteiger partial charge in [-0.15, -0.1) is 0 Å². The first-order valence-electron chi connectivity index (χ1n) is 4.99. The Kier molecular flexibility index (Phi) is 5.58. The number of hydrogen-bond donors (Lipinski definition) is 1. The van der Waals surface area contributed by atoms with Crippen LogP contribution in [0, 0.1) is 0 Å². The number of hydrogen-bond acceptors (Lipinski definition) is 3. The Morgan fingerprint density at radius 3 is 2.77 bits per heavy atom. The van der Waals surface area contributed by atoms with E-state index >= 15 is 0 Å². The predicted molar refractivity (Wildman–Crippen MR) is 55.4 cm³/mol.